The maximum Gasteiger partial charge on any atom is 0.315 e. The number of methoxy groups -OCH3 is 2. The third kappa shape index (κ3) is 9.75. The van der Waals surface area contributed by atoms with Crippen LogP contribution in [0, 0.1) is 0 Å². The van der Waals surface area contributed by atoms with Gasteiger partial charge in [0.15, 0.2) is 0 Å². The van der Waals surface area contributed by atoms with Crippen LogP contribution in [0.3, 0.4) is 0 Å². The summed E-state index contributed by atoms with van der Waals surface area (Å²) in [6.07, 6.45) is 1.55. The molecule has 0 aliphatic heterocycles. The summed E-state index contributed by atoms with van der Waals surface area (Å²) in [5.74, 6) is -0.400. The van der Waals surface area contributed by atoms with E-state index in [0.29, 0.717) is 12.1 Å². The molecular weight excluding hydrogens is 524 g/mol. The largest absolute Gasteiger partial charge is 0.508 e. The van der Waals surface area contributed by atoms with Gasteiger partial charge in [0.05, 0.1) is 14.2 Å². The lowest BCUT2D eigenvalue weighted by molar-refractivity contribution is -0.129. The molecule has 0 unspecified atom stereocenters. The first-order chi connectivity index (χ1) is 19.8. The Morgan fingerprint density at radius 3 is 1.98 bits per heavy atom. The summed E-state index contributed by atoms with van der Waals surface area (Å²) in [6, 6.07) is 19.6. The van der Waals surface area contributed by atoms with E-state index in [1.807, 2.05) is 60.7 Å². The summed E-state index contributed by atoms with van der Waals surface area (Å²) >= 11 is 0. The highest BCUT2D eigenvalue weighted by molar-refractivity contribution is 5.92. The maximum atomic E-state index is 13.4. The highest BCUT2D eigenvalue weighted by atomic mass is 16.5. The topological polar surface area (TPSA) is 138 Å². The molecule has 0 fully saturated rings. The molecule has 218 valence electrons. The van der Waals surface area contributed by atoms with Crippen molar-refractivity contribution in [3.63, 3.8) is 0 Å². The monoisotopic (exact) mass is 562 g/mol. The number of hydrogen-bond donors (Lipinski definition) is 5. The van der Waals surface area contributed by atoms with Gasteiger partial charge in [0.2, 0.25) is 11.8 Å². The van der Waals surface area contributed by atoms with E-state index >= 15 is 0 Å². The van der Waals surface area contributed by atoms with Crippen LogP contribution < -0.4 is 30.7 Å². The number of rotatable bonds is 14. The van der Waals surface area contributed by atoms with Crippen molar-refractivity contribution in [3.8, 4) is 17.2 Å². The molecule has 0 saturated carbocycles. The molecule has 5 N–H and O–H groups in total. The molecule has 2 atom stereocenters. The van der Waals surface area contributed by atoms with E-state index in [1.54, 1.807) is 6.92 Å². The van der Waals surface area contributed by atoms with Gasteiger partial charge in [-0.2, -0.15) is 0 Å². The second-order valence-electron chi connectivity index (χ2n) is 9.51. The number of carbonyl (C=O) groups excluding carboxylic acids is 3. The van der Waals surface area contributed by atoms with Gasteiger partial charge in [-0.3, -0.25) is 9.59 Å². The van der Waals surface area contributed by atoms with Crippen molar-refractivity contribution >= 4 is 17.8 Å². The van der Waals surface area contributed by atoms with E-state index in [0.717, 1.165) is 18.4 Å². The molecule has 0 bridgehead atoms. The maximum absolute atomic E-state index is 13.4. The van der Waals surface area contributed by atoms with E-state index in [9.17, 15) is 19.5 Å². The molecule has 3 aromatic rings. The smallest absolute Gasteiger partial charge is 0.315 e. The lowest BCUT2D eigenvalue weighted by Crippen LogP contribution is -2.55. The second kappa shape index (κ2) is 15.8. The Bertz CT molecular complexity index is 1260. The summed E-state index contributed by atoms with van der Waals surface area (Å²) in [6.45, 7) is 2.30. The number of nitrogens with one attached hydrogen (secondary N) is 4. The average molecular weight is 563 g/mol. The molecule has 3 rings (SSSR count). The van der Waals surface area contributed by atoms with Gasteiger partial charge >= 0.3 is 6.03 Å². The zero-order valence-corrected chi connectivity index (χ0v) is 23.6. The van der Waals surface area contributed by atoms with Crippen molar-refractivity contribution in [2.24, 2.45) is 0 Å². The van der Waals surface area contributed by atoms with Gasteiger partial charge in [-0.25, -0.2) is 4.79 Å². The first kappa shape index (κ1) is 30.8. The van der Waals surface area contributed by atoms with E-state index in [-0.39, 0.29) is 36.1 Å². The van der Waals surface area contributed by atoms with Crippen molar-refractivity contribution < 1.29 is 29.0 Å². The number of carbonyl (C=O) groups is 3. The molecule has 0 spiro atoms. The molecule has 4 amide bonds. The van der Waals surface area contributed by atoms with E-state index in [1.165, 1.54) is 31.9 Å². The zero-order valence-electron chi connectivity index (χ0n) is 23.6. The van der Waals surface area contributed by atoms with Crippen LogP contribution >= 0.6 is 0 Å². The highest BCUT2D eigenvalue weighted by Crippen LogP contribution is 2.34. The summed E-state index contributed by atoms with van der Waals surface area (Å²) in [5.41, 5.74) is 2.54. The predicted molar refractivity (Wildman–Crippen MR) is 156 cm³/mol. The van der Waals surface area contributed by atoms with Gasteiger partial charge in [-0.05, 0) is 30.9 Å². The normalized spacial score (nSPS) is 12.0. The number of urea groups is 1. The summed E-state index contributed by atoms with van der Waals surface area (Å²) < 4.78 is 10.8. The van der Waals surface area contributed by atoms with E-state index < -0.39 is 24.0 Å². The lowest BCUT2D eigenvalue weighted by atomic mass is 10.0. The van der Waals surface area contributed by atoms with Crippen LogP contribution in [0.2, 0.25) is 0 Å². The van der Waals surface area contributed by atoms with Gasteiger partial charge in [0.1, 0.15) is 29.3 Å². The number of phenols is 1. The third-order valence-electron chi connectivity index (χ3n) is 6.45. The summed E-state index contributed by atoms with van der Waals surface area (Å²) in [5, 5.41) is 21.0. The Morgan fingerprint density at radius 1 is 0.805 bits per heavy atom. The highest BCUT2D eigenvalue weighted by Gasteiger charge is 2.27. The zero-order chi connectivity index (χ0) is 29.6. The van der Waals surface area contributed by atoms with Crippen LogP contribution in [0.15, 0.2) is 72.8 Å². The first-order valence-electron chi connectivity index (χ1n) is 13.4. The Kier molecular flexibility index (Phi) is 11.8. The standard InChI is InChI=1S/C31H38N4O6/c1-21(29(37)32-16-10-15-22-11-6-4-7-12-22)34-30(38)26(35-31(39)33-20-23-13-8-5-9-14-23)19-25-27(40-2)17-24(36)18-28(25)41-3/h4-9,11-14,17-18,21,26,36H,10,15-16,19-20H2,1-3H3,(H,32,37)(H,34,38)(H2,33,35,39)/t21-,26-/m1/s1. The van der Waals surface area contributed by atoms with Crippen molar-refractivity contribution in [1.82, 2.24) is 21.3 Å². The second-order valence-corrected chi connectivity index (χ2v) is 9.51. The summed E-state index contributed by atoms with van der Waals surface area (Å²) in [4.78, 5) is 38.9. The quantitative estimate of drug-likeness (QED) is 0.192. The Morgan fingerprint density at radius 2 is 1.39 bits per heavy atom. The molecular formula is C31H38N4O6. The number of hydrogen-bond acceptors (Lipinski definition) is 6. The molecule has 0 aliphatic rings. The van der Waals surface area contributed by atoms with Gasteiger partial charge < -0.3 is 35.8 Å². The summed E-state index contributed by atoms with van der Waals surface area (Å²) in [7, 11) is 2.86. The van der Waals surface area contributed by atoms with E-state index in [4.69, 9.17) is 9.47 Å². The predicted octanol–water partition coefficient (Wildman–Crippen LogP) is 3.07. The Labute approximate surface area is 240 Å². The van der Waals surface area contributed by atoms with Crippen LogP contribution in [0.1, 0.15) is 30.0 Å². The van der Waals surface area contributed by atoms with Crippen LogP contribution in [0.25, 0.3) is 0 Å². The fraction of sp³-hybridized carbons (Fsp3) is 0.323. The molecule has 10 heteroatoms. The minimum atomic E-state index is -1.09. The van der Waals surface area contributed by atoms with Crippen LogP contribution in [-0.4, -0.2) is 55.8 Å². The number of aromatic hydroxyl groups is 1. The molecule has 0 heterocycles. The number of aryl methyl sites for hydroxylation is 1. The SMILES string of the molecule is COc1cc(O)cc(OC)c1C[C@@H](NC(=O)NCc1ccccc1)C(=O)N[C@H](C)C(=O)NCCCc1ccccc1. The van der Waals surface area contributed by atoms with Crippen LogP contribution in [-0.2, 0) is 29.0 Å². The molecule has 0 aliphatic carbocycles. The van der Waals surface area contributed by atoms with Crippen molar-refractivity contribution in [2.45, 2.75) is 44.8 Å². The van der Waals surface area contributed by atoms with Crippen molar-refractivity contribution in [1.29, 1.82) is 0 Å². The van der Waals surface area contributed by atoms with E-state index in [2.05, 4.69) is 21.3 Å². The van der Waals surface area contributed by atoms with Gasteiger partial charge in [0.25, 0.3) is 0 Å². The average Bonchev–Trinajstić information content (AvgIpc) is 2.99. The van der Waals surface area contributed by atoms with Crippen molar-refractivity contribution in [3.05, 3.63) is 89.5 Å². The molecule has 0 aromatic heterocycles. The van der Waals surface area contributed by atoms with Gasteiger partial charge in [0, 0.05) is 37.2 Å². The van der Waals surface area contributed by atoms with Crippen LogP contribution in [0.4, 0.5) is 4.79 Å². The molecule has 41 heavy (non-hydrogen) atoms. The molecule has 0 saturated heterocycles. The lowest BCUT2D eigenvalue weighted by Gasteiger charge is -2.23. The number of benzene rings is 3. The third-order valence-corrected chi connectivity index (χ3v) is 6.45. The number of phenolic OH excluding ortho intramolecular Hbond substituents is 1. The van der Waals surface area contributed by atoms with Gasteiger partial charge in [-0.1, -0.05) is 60.7 Å². The number of ether oxygens (including phenoxy) is 2. The fourth-order valence-corrected chi connectivity index (χ4v) is 4.25. The Hall–Kier alpha value is -4.73. The molecule has 10 nitrogen and oxygen atoms in total. The number of amides is 4. The van der Waals surface area contributed by atoms with Gasteiger partial charge in [-0.15, -0.1) is 0 Å². The molecule has 0 radical (unpaired) electrons. The van der Waals surface area contributed by atoms with Crippen molar-refractivity contribution in [2.75, 3.05) is 20.8 Å². The molecule has 3 aromatic carbocycles. The fourth-order valence-electron chi connectivity index (χ4n) is 4.25. The Balaban J connectivity index is 1.66. The van der Waals surface area contributed by atoms with Crippen LogP contribution in [0.5, 0.6) is 17.2 Å². The first-order valence-corrected chi connectivity index (χ1v) is 13.4. The minimum absolute atomic E-state index is 0.0252. The minimum Gasteiger partial charge on any atom is -0.508 e.